The van der Waals surface area contributed by atoms with Gasteiger partial charge in [0.05, 0.1) is 6.26 Å². The fourth-order valence-corrected chi connectivity index (χ4v) is 0.332. The molecule has 37 valence electrons. The molecular weight excluding hydrogens is 92.1 g/mol. The van der Waals surface area contributed by atoms with Crippen molar-refractivity contribution < 1.29 is 9.84 Å². The molecule has 0 amide bonds. The second kappa shape index (κ2) is 1.69. The van der Waals surface area contributed by atoms with Gasteiger partial charge in [-0.15, -0.1) is 0 Å². The average molecular weight is 97.1 g/mol. The molecule has 0 aliphatic carbocycles. The zero-order valence-corrected chi connectivity index (χ0v) is 3.66. The molecule has 2 heteroatoms. The number of hydrogen-bond donors (Lipinski definition) is 1. The number of ether oxygens (including phenoxy) is 1. The standard InChI is InChI=1S/C5H5O2/c6-5-2-1-3-7-4-5/h1-4,6H. The monoisotopic (exact) mass is 97.0 g/mol. The van der Waals surface area contributed by atoms with Crippen molar-refractivity contribution in [3.8, 4) is 0 Å². The Bertz CT molecular complexity index is 113. The maximum absolute atomic E-state index is 8.54. The van der Waals surface area contributed by atoms with Crippen molar-refractivity contribution in [3.63, 3.8) is 0 Å². The van der Waals surface area contributed by atoms with E-state index in [-0.39, 0.29) is 5.76 Å². The molecule has 1 rings (SSSR count). The third-order valence-electron chi connectivity index (χ3n) is 0.613. The van der Waals surface area contributed by atoms with Gasteiger partial charge in [-0.25, -0.2) is 0 Å². The predicted molar refractivity (Wildman–Crippen MR) is 25.2 cm³/mol. The summed E-state index contributed by atoms with van der Waals surface area (Å²) in [6.07, 6.45) is 4.65. The van der Waals surface area contributed by atoms with Crippen LogP contribution in [0.3, 0.4) is 0 Å². The molecule has 1 N–H and O–H groups in total. The van der Waals surface area contributed by atoms with Crippen LogP contribution in [-0.4, -0.2) is 5.11 Å². The first-order chi connectivity index (χ1) is 3.39. The van der Waals surface area contributed by atoms with E-state index in [1.807, 2.05) is 0 Å². The molecular formula is C5H5O2. The van der Waals surface area contributed by atoms with Crippen molar-refractivity contribution in [2.75, 3.05) is 0 Å². The lowest BCUT2D eigenvalue weighted by molar-refractivity contribution is 0.280. The van der Waals surface area contributed by atoms with Gasteiger partial charge in [-0.2, -0.15) is 0 Å². The van der Waals surface area contributed by atoms with Crippen LogP contribution in [0.25, 0.3) is 0 Å². The second-order valence-electron chi connectivity index (χ2n) is 1.17. The Morgan fingerprint density at radius 3 is 2.71 bits per heavy atom. The van der Waals surface area contributed by atoms with Crippen LogP contribution >= 0.6 is 0 Å². The number of allylic oxidation sites excluding steroid dienone is 2. The number of rotatable bonds is 0. The third kappa shape index (κ3) is 0.961. The molecule has 1 heterocycles. The van der Waals surface area contributed by atoms with Gasteiger partial charge in [0.15, 0.2) is 6.61 Å². The van der Waals surface area contributed by atoms with Gasteiger partial charge in [-0.05, 0) is 12.2 Å². The first-order valence-electron chi connectivity index (χ1n) is 1.94. The van der Waals surface area contributed by atoms with Crippen LogP contribution in [-0.2, 0) is 4.74 Å². The van der Waals surface area contributed by atoms with E-state index in [2.05, 4.69) is 4.74 Å². The van der Waals surface area contributed by atoms with Crippen LogP contribution in [0.15, 0.2) is 24.2 Å². The summed E-state index contributed by atoms with van der Waals surface area (Å²) in [5, 5.41) is 8.54. The molecule has 0 bridgehead atoms. The summed E-state index contributed by atoms with van der Waals surface area (Å²) in [5.41, 5.74) is 0. The number of hydrogen-bond acceptors (Lipinski definition) is 2. The van der Waals surface area contributed by atoms with E-state index in [1.165, 1.54) is 12.9 Å². The topological polar surface area (TPSA) is 29.5 Å². The summed E-state index contributed by atoms with van der Waals surface area (Å²) in [7, 11) is 0. The summed E-state index contributed by atoms with van der Waals surface area (Å²) >= 11 is 0. The molecule has 0 saturated heterocycles. The molecule has 0 aromatic heterocycles. The fourth-order valence-electron chi connectivity index (χ4n) is 0.332. The van der Waals surface area contributed by atoms with Crippen LogP contribution in [0, 0.1) is 6.61 Å². The molecule has 0 aromatic carbocycles. The lowest BCUT2D eigenvalue weighted by Gasteiger charge is -1.99. The van der Waals surface area contributed by atoms with Crippen molar-refractivity contribution in [2.45, 2.75) is 0 Å². The van der Waals surface area contributed by atoms with Gasteiger partial charge in [-0.1, -0.05) is 0 Å². The molecule has 1 radical (unpaired) electrons. The molecule has 1 aliphatic heterocycles. The molecule has 0 unspecified atom stereocenters. The van der Waals surface area contributed by atoms with Crippen molar-refractivity contribution >= 4 is 0 Å². The summed E-state index contributed by atoms with van der Waals surface area (Å²) < 4.78 is 4.56. The molecule has 0 spiro atoms. The smallest absolute Gasteiger partial charge is 0.198 e. The highest BCUT2D eigenvalue weighted by atomic mass is 16.5. The summed E-state index contributed by atoms with van der Waals surface area (Å²) in [4.78, 5) is 0. The van der Waals surface area contributed by atoms with Gasteiger partial charge in [0.1, 0.15) is 5.76 Å². The molecule has 0 atom stereocenters. The Kier molecular flexibility index (Phi) is 1.02. The molecule has 2 nitrogen and oxygen atoms in total. The Hall–Kier alpha value is -0.920. The Balaban J connectivity index is 2.57. The van der Waals surface area contributed by atoms with Crippen LogP contribution < -0.4 is 0 Å². The first-order valence-corrected chi connectivity index (χ1v) is 1.94. The van der Waals surface area contributed by atoms with E-state index >= 15 is 0 Å². The zero-order chi connectivity index (χ0) is 5.11. The molecule has 1 aliphatic rings. The normalized spacial score (nSPS) is 18.0. The van der Waals surface area contributed by atoms with E-state index in [1.54, 1.807) is 12.2 Å². The molecule has 0 saturated carbocycles. The van der Waals surface area contributed by atoms with Gasteiger partial charge in [0, 0.05) is 0 Å². The number of aliphatic hydroxyl groups is 1. The van der Waals surface area contributed by atoms with Crippen molar-refractivity contribution in [1.82, 2.24) is 0 Å². The van der Waals surface area contributed by atoms with Crippen molar-refractivity contribution in [1.29, 1.82) is 0 Å². The predicted octanol–water partition coefficient (Wildman–Crippen LogP) is 1.13. The van der Waals surface area contributed by atoms with Crippen LogP contribution in [0.5, 0.6) is 0 Å². The first kappa shape index (κ1) is 4.24. The second-order valence-corrected chi connectivity index (χ2v) is 1.17. The summed E-state index contributed by atoms with van der Waals surface area (Å²) in [6.45, 7) is 1.26. The van der Waals surface area contributed by atoms with Crippen molar-refractivity contribution in [2.24, 2.45) is 0 Å². The quantitative estimate of drug-likeness (QED) is 0.491. The minimum atomic E-state index is 0.155. The van der Waals surface area contributed by atoms with E-state index in [0.29, 0.717) is 0 Å². The number of aliphatic hydroxyl groups excluding tert-OH is 1. The summed E-state index contributed by atoms with van der Waals surface area (Å²) in [6, 6.07) is 0. The average Bonchev–Trinajstić information content (AvgIpc) is 1.69. The SMILES string of the molecule is OC1=CC=CO[CH]1. The minimum Gasteiger partial charge on any atom is -0.508 e. The highest BCUT2D eigenvalue weighted by Gasteiger charge is 1.93. The molecule has 7 heavy (non-hydrogen) atoms. The van der Waals surface area contributed by atoms with Crippen LogP contribution in [0.2, 0.25) is 0 Å². The Morgan fingerprint density at radius 1 is 1.57 bits per heavy atom. The molecule has 0 aromatic rings. The van der Waals surface area contributed by atoms with Gasteiger partial charge in [0.25, 0.3) is 0 Å². The van der Waals surface area contributed by atoms with Gasteiger partial charge in [-0.3, -0.25) is 0 Å². The van der Waals surface area contributed by atoms with E-state index in [0.717, 1.165) is 0 Å². The highest BCUT2D eigenvalue weighted by molar-refractivity contribution is 5.13. The third-order valence-corrected chi connectivity index (χ3v) is 0.613. The van der Waals surface area contributed by atoms with E-state index < -0.39 is 0 Å². The van der Waals surface area contributed by atoms with E-state index in [9.17, 15) is 0 Å². The minimum absolute atomic E-state index is 0.155. The lowest BCUT2D eigenvalue weighted by atomic mass is 10.4. The Labute approximate surface area is 41.7 Å². The van der Waals surface area contributed by atoms with Crippen LogP contribution in [0.4, 0.5) is 0 Å². The largest absolute Gasteiger partial charge is 0.508 e. The van der Waals surface area contributed by atoms with Gasteiger partial charge >= 0.3 is 0 Å². The Morgan fingerprint density at radius 2 is 2.43 bits per heavy atom. The van der Waals surface area contributed by atoms with Crippen LogP contribution in [0.1, 0.15) is 0 Å². The van der Waals surface area contributed by atoms with Gasteiger partial charge < -0.3 is 9.84 Å². The summed E-state index contributed by atoms with van der Waals surface area (Å²) in [5.74, 6) is 0.155. The lowest BCUT2D eigenvalue weighted by Crippen LogP contribution is -1.87. The molecule has 0 fully saturated rings. The maximum atomic E-state index is 8.54. The maximum Gasteiger partial charge on any atom is 0.198 e. The zero-order valence-electron chi connectivity index (χ0n) is 3.66. The van der Waals surface area contributed by atoms with Crippen molar-refractivity contribution in [3.05, 3.63) is 30.8 Å². The van der Waals surface area contributed by atoms with E-state index in [4.69, 9.17) is 5.11 Å². The van der Waals surface area contributed by atoms with Gasteiger partial charge in [0.2, 0.25) is 0 Å². The highest BCUT2D eigenvalue weighted by Crippen LogP contribution is 2.01. The fraction of sp³-hybridized carbons (Fsp3) is 0.